The van der Waals surface area contributed by atoms with Crippen LogP contribution >= 0.6 is 0 Å². The maximum atomic E-state index is 12.4. The molecular formula is C23H28N4O. The average molecular weight is 377 g/mol. The molecule has 0 aliphatic heterocycles. The Morgan fingerprint density at radius 2 is 1.89 bits per heavy atom. The first kappa shape index (κ1) is 18.7. The minimum absolute atomic E-state index is 0.122. The maximum Gasteiger partial charge on any atom is 0.220 e. The summed E-state index contributed by atoms with van der Waals surface area (Å²) in [5.74, 6) is 1.70. The molecule has 0 saturated heterocycles. The molecule has 1 saturated carbocycles. The zero-order valence-corrected chi connectivity index (χ0v) is 16.3. The van der Waals surface area contributed by atoms with Gasteiger partial charge < -0.3 is 9.88 Å². The summed E-state index contributed by atoms with van der Waals surface area (Å²) >= 11 is 0. The zero-order valence-electron chi connectivity index (χ0n) is 16.3. The zero-order chi connectivity index (χ0) is 19.2. The average Bonchev–Trinajstić information content (AvgIpc) is 3.10. The number of imidazole rings is 1. The van der Waals surface area contributed by atoms with Crippen molar-refractivity contribution < 1.29 is 4.79 Å². The predicted molar refractivity (Wildman–Crippen MR) is 111 cm³/mol. The second kappa shape index (κ2) is 9.00. The first-order valence-corrected chi connectivity index (χ1v) is 10.4. The number of carbonyl (C=O) groups excluding carboxylic acids is 1. The molecule has 0 unspecified atom stereocenters. The number of nitrogens with zero attached hydrogens (tertiary/aromatic N) is 3. The van der Waals surface area contributed by atoms with Crippen LogP contribution in [0, 0.1) is 5.92 Å². The molecule has 0 radical (unpaired) electrons. The highest BCUT2D eigenvalue weighted by molar-refractivity contribution is 5.76. The topological polar surface area (TPSA) is 59.8 Å². The second-order valence-corrected chi connectivity index (χ2v) is 7.75. The molecule has 2 heterocycles. The van der Waals surface area contributed by atoms with E-state index in [2.05, 4.69) is 27.0 Å². The normalized spacial score (nSPS) is 15.0. The molecule has 28 heavy (non-hydrogen) atoms. The Kier molecular flexibility index (Phi) is 6.00. The summed E-state index contributed by atoms with van der Waals surface area (Å²) < 4.78 is 2.14. The third-order valence-electron chi connectivity index (χ3n) is 5.65. The number of hydrogen-bond donors (Lipinski definition) is 1. The number of nitrogens with one attached hydrogen (secondary N) is 1. The van der Waals surface area contributed by atoms with Crippen molar-refractivity contribution in [2.45, 2.75) is 51.5 Å². The molecule has 4 rings (SSSR count). The number of aryl methyl sites for hydroxylation is 1. The molecule has 1 fully saturated rings. The Balaban J connectivity index is 1.42. The summed E-state index contributed by atoms with van der Waals surface area (Å²) in [6.07, 6.45) is 9.33. The molecule has 0 atom stereocenters. The second-order valence-electron chi connectivity index (χ2n) is 7.75. The van der Waals surface area contributed by atoms with E-state index in [1.807, 2.05) is 30.3 Å². The van der Waals surface area contributed by atoms with Gasteiger partial charge in [0, 0.05) is 25.6 Å². The van der Waals surface area contributed by atoms with Crippen LogP contribution in [-0.2, 0) is 17.8 Å². The number of hydrogen-bond acceptors (Lipinski definition) is 3. The number of fused-ring (bicyclic) bond motifs is 1. The van der Waals surface area contributed by atoms with E-state index in [4.69, 9.17) is 4.98 Å². The molecular weight excluding hydrogens is 348 g/mol. The monoisotopic (exact) mass is 376 g/mol. The molecule has 1 aliphatic carbocycles. The van der Waals surface area contributed by atoms with Gasteiger partial charge in [0.15, 0.2) is 5.65 Å². The minimum Gasteiger partial charge on any atom is -0.356 e. The van der Waals surface area contributed by atoms with Crippen molar-refractivity contribution >= 4 is 17.1 Å². The smallest absolute Gasteiger partial charge is 0.220 e. The van der Waals surface area contributed by atoms with Crippen LogP contribution in [0.25, 0.3) is 11.2 Å². The molecule has 3 aromatic rings. The summed E-state index contributed by atoms with van der Waals surface area (Å²) in [5, 5.41) is 3.13. The molecule has 0 bridgehead atoms. The van der Waals surface area contributed by atoms with Crippen LogP contribution in [0.4, 0.5) is 0 Å². The van der Waals surface area contributed by atoms with Crippen molar-refractivity contribution in [3.63, 3.8) is 0 Å². The molecule has 2 aromatic heterocycles. The van der Waals surface area contributed by atoms with Crippen LogP contribution in [0.1, 0.15) is 49.9 Å². The summed E-state index contributed by atoms with van der Waals surface area (Å²) in [7, 11) is 0. The van der Waals surface area contributed by atoms with Gasteiger partial charge in [-0.25, -0.2) is 9.97 Å². The highest BCUT2D eigenvalue weighted by Gasteiger charge is 2.16. The fourth-order valence-electron chi connectivity index (χ4n) is 4.09. The Bertz CT molecular complexity index is 913. The third kappa shape index (κ3) is 4.58. The van der Waals surface area contributed by atoms with Crippen molar-refractivity contribution in [3.8, 4) is 0 Å². The third-order valence-corrected chi connectivity index (χ3v) is 5.65. The molecule has 1 amide bonds. The van der Waals surface area contributed by atoms with E-state index in [-0.39, 0.29) is 5.91 Å². The maximum absolute atomic E-state index is 12.4. The summed E-state index contributed by atoms with van der Waals surface area (Å²) in [6, 6.07) is 14.2. The van der Waals surface area contributed by atoms with Gasteiger partial charge in [-0.15, -0.1) is 0 Å². The van der Waals surface area contributed by atoms with E-state index >= 15 is 0 Å². The largest absolute Gasteiger partial charge is 0.356 e. The molecule has 1 aromatic carbocycles. The lowest BCUT2D eigenvalue weighted by Gasteiger charge is -2.21. The van der Waals surface area contributed by atoms with Gasteiger partial charge in [-0.2, -0.15) is 0 Å². The van der Waals surface area contributed by atoms with E-state index in [1.165, 1.54) is 37.7 Å². The lowest BCUT2D eigenvalue weighted by molar-refractivity contribution is -0.121. The fourth-order valence-corrected chi connectivity index (χ4v) is 4.09. The van der Waals surface area contributed by atoms with E-state index in [0.29, 0.717) is 25.3 Å². The molecule has 0 spiro atoms. The Morgan fingerprint density at radius 1 is 1.07 bits per heavy atom. The molecule has 5 heteroatoms. The van der Waals surface area contributed by atoms with Crippen LogP contribution in [0.2, 0.25) is 0 Å². The van der Waals surface area contributed by atoms with Crippen LogP contribution < -0.4 is 5.32 Å². The quantitative estimate of drug-likeness (QED) is 0.675. The summed E-state index contributed by atoms with van der Waals surface area (Å²) in [5.41, 5.74) is 2.97. The summed E-state index contributed by atoms with van der Waals surface area (Å²) in [4.78, 5) is 21.7. The van der Waals surface area contributed by atoms with Crippen LogP contribution in [-0.4, -0.2) is 27.0 Å². The lowest BCUT2D eigenvalue weighted by atomic mass is 9.89. The van der Waals surface area contributed by atoms with E-state index < -0.39 is 0 Å². The van der Waals surface area contributed by atoms with Gasteiger partial charge in [-0.1, -0.05) is 49.6 Å². The van der Waals surface area contributed by atoms with Crippen molar-refractivity contribution in [1.29, 1.82) is 0 Å². The Labute approximate surface area is 166 Å². The number of amides is 1. The van der Waals surface area contributed by atoms with Gasteiger partial charge in [0.1, 0.15) is 11.3 Å². The minimum atomic E-state index is 0.122. The number of carbonyl (C=O) groups is 1. The fraction of sp³-hybridized carbons (Fsp3) is 0.435. The number of benzene rings is 1. The molecule has 146 valence electrons. The molecule has 1 aliphatic rings. The van der Waals surface area contributed by atoms with Gasteiger partial charge in [0.2, 0.25) is 5.91 Å². The Hall–Kier alpha value is -2.69. The number of rotatable bonds is 7. The highest BCUT2D eigenvalue weighted by atomic mass is 16.1. The standard InChI is InChI=1S/C23H28N4O/c28-22(25-16-18-8-3-1-4-9-18)14-13-21-26-20-12-7-15-24-23(20)27(21)17-19-10-5-2-6-11-19/h2,5-7,10-12,15,18H,1,3-4,8-9,13-14,16-17H2,(H,25,28). The predicted octanol–water partition coefficient (Wildman–Crippen LogP) is 4.11. The Morgan fingerprint density at radius 3 is 2.71 bits per heavy atom. The first-order chi connectivity index (χ1) is 13.8. The molecule has 5 nitrogen and oxygen atoms in total. The van der Waals surface area contributed by atoms with Gasteiger partial charge in [0.05, 0.1) is 6.54 Å². The van der Waals surface area contributed by atoms with Crippen molar-refractivity contribution in [2.24, 2.45) is 5.92 Å². The highest BCUT2D eigenvalue weighted by Crippen LogP contribution is 2.23. The molecule has 1 N–H and O–H groups in total. The van der Waals surface area contributed by atoms with Gasteiger partial charge in [-0.05, 0) is 36.5 Å². The van der Waals surface area contributed by atoms with E-state index in [1.54, 1.807) is 6.20 Å². The SMILES string of the molecule is O=C(CCc1nc2cccnc2n1Cc1ccccc1)NCC1CCCCC1. The van der Waals surface area contributed by atoms with Crippen molar-refractivity contribution in [1.82, 2.24) is 19.9 Å². The van der Waals surface area contributed by atoms with Crippen LogP contribution in [0.5, 0.6) is 0 Å². The number of aromatic nitrogens is 3. The van der Waals surface area contributed by atoms with Crippen molar-refractivity contribution in [2.75, 3.05) is 6.54 Å². The lowest BCUT2D eigenvalue weighted by Crippen LogP contribution is -2.30. The van der Waals surface area contributed by atoms with Crippen molar-refractivity contribution in [3.05, 3.63) is 60.0 Å². The number of pyridine rings is 1. The van der Waals surface area contributed by atoms with Gasteiger partial charge in [-0.3, -0.25) is 4.79 Å². The van der Waals surface area contributed by atoms with Gasteiger partial charge >= 0.3 is 0 Å². The summed E-state index contributed by atoms with van der Waals surface area (Å²) in [6.45, 7) is 1.54. The van der Waals surface area contributed by atoms with E-state index in [9.17, 15) is 4.79 Å². The van der Waals surface area contributed by atoms with Gasteiger partial charge in [0.25, 0.3) is 0 Å². The first-order valence-electron chi connectivity index (χ1n) is 10.4. The van der Waals surface area contributed by atoms with E-state index in [0.717, 1.165) is 23.5 Å². The van der Waals surface area contributed by atoms with Crippen LogP contribution in [0.3, 0.4) is 0 Å². The van der Waals surface area contributed by atoms with Crippen LogP contribution in [0.15, 0.2) is 48.7 Å².